The van der Waals surface area contributed by atoms with Crippen LogP contribution in [0.15, 0.2) is 170 Å². The van der Waals surface area contributed by atoms with E-state index in [1.807, 2.05) is 11.3 Å². The molecule has 0 saturated carbocycles. The van der Waals surface area contributed by atoms with Gasteiger partial charge in [0.25, 0.3) is 0 Å². The molecule has 1 aromatic heterocycles. The molecule has 10 aromatic rings. The Labute approximate surface area is 307 Å². The van der Waals surface area contributed by atoms with Crippen molar-refractivity contribution < 1.29 is 0 Å². The summed E-state index contributed by atoms with van der Waals surface area (Å²) in [5, 5.41) is 10.4. The summed E-state index contributed by atoms with van der Waals surface area (Å²) in [5.74, 6) is 0. The third-order valence-electron chi connectivity index (χ3n) is 11.7. The molecule has 0 unspecified atom stereocenters. The Bertz CT molecular complexity index is 3030. The molecule has 0 radical (unpaired) electrons. The van der Waals surface area contributed by atoms with Crippen molar-refractivity contribution in [2.24, 2.45) is 0 Å². The van der Waals surface area contributed by atoms with Crippen LogP contribution in [0.2, 0.25) is 0 Å². The molecule has 0 fully saturated rings. The van der Waals surface area contributed by atoms with Crippen LogP contribution in [-0.2, 0) is 5.41 Å². The van der Waals surface area contributed by atoms with Gasteiger partial charge in [0.15, 0.2) is 0 Å². The summed E-state index contributed by atoms with van der Waals surface area (Å²) in [6.07, 6.45) is 0. The van der Waals surface area contributed by atoms with E-state index < -0.39 is 0 Å². The Kier molecular flexibility index (Phi) is 6.27. The number of benzene rings is 9. The van der Waals surface area contributed by atoms with Crippen LogP contribution in [0.5, 0.6) is 0 Å². The van der Waals surface area contributed by atoms with Crippen LogP contribution >= 0.6 is 11.3 Å². The van der Waals surface area contributed by atoms with E-state index in [1.54, 1.807) is 0 Å². The summed E-state index contributed by atoms with van der Waals surface area (Å²) < 4.78 is 2.67. The lowest BCUT2D eigenvalue weighted by molar-refractivity contribution is 0.661. The van der Waals surface area contributed by atoms with Gasteiger partial charge in [-0.2, -0.15) is 0 Å². The molecule has 0 amide bonds. The van der Waals surface area contributed by atoms with Crippen LogP contribution in [0.4, 0.5) is 0 Å². The third-order valence-corrected chi connectivity index (χ3v) is 12.8. The molecule has 0 saturated heterocycles. The predicted octanol–water partition coefficient (Wildman–Crippen LogP) is 14.8. The highest BCUT2D eigenvalue weighted by Crippen LogP contribution is 2.52. The van der Waals surface area contributed by atoms with E-state index in [1.165, 1.54) is 108 Å². The van der Waals surface area contributed by atoms with Crippen LogP contribution in [0.25, 0.3) is 97.0 Å². The molecule has 0 nitrogen and oxygen atoms in total. The molecule has 0 bridgehead atoms. The van der Waals surface area contributed by atoms with E-state index in [4.69, 9.17) is 0 Å². The maximum absolute atomic E-state index is 2.43. The van der Waals surface area contributed by atoms with Crippen LogP contribution in [0.3, 0.4) is 0 Å². The quantitative estimate of drug-likeness (QED) is 0.163. The van der Waals surface area contributed by atoms with Crippen molar-refractivity contribution in [1.82, 2.24) is 0 Å². The molecule has 1 heteroatoms. The van der Waals surface area contributed by atoms with Gasteiger partial charge in [-0.05, 0) is 112 Å². The summed E-state index contributed by atoms with van der Waals surface area (Å²) in [4.78, 5) is 0. The van der Waals surface area contributed by atoms with Crippen LogP contribution in [-0.4, -0.2) is 0 Å². The minimum atomic E-state index is -0.0331. The maximum atomic E-state index is 2.43. The number of fused-ring (bicyclic) bond motifs is 10. The SMILES string of the molecule is CC1(C)c2ccc(-c3ccc(-c4c5ccccc5c(-c5ccc6sc7ccccc7c6c5)c5ccccc45)cc3)cc2-c2c1ccc1ccccc21. The first-order valence-electron chi connectivity index (χ1n) is 18.2. The molecule has 0 spiro atoms. The van der Waals surface area contributed by atoms with E-state index in [9.17, 15) is 0 Å². The highest BCUT2D eigenvalue weighted by atomic mass is 32.1. The average molecular weight is 679 g/mol. The zero-order valence-electron chi connectivity index (χ0n) is 29.1. The molecule has 52 heavy (non-hydrogen) atoms. The van der Waals surface area contributed by atoms with Gasteiger partial charge in [-0.3, -0.25) is 0 Å². The van der Waals surface area contributed by atoms with Gasteiger partial charge < -0.3 is 0 Å². The zero-order chi connectivity index (χ0) is 34.6. The number of hydrogen-bond acceptors (Lipinski definition) is 1. The smallest absolute Gasteiger partial charge is 0.0355 e. The van der Waals surface area contributed by atoms with Gasteiger partial charge in [0.2, 0.25) is 0 Å². The lowest BCUT2D eigenvalue weighted by Crippen LogP contribution is -2.14. The standard InChI is InChI=1S/C51H34S/c1-51(2)44-26-24-34(29-43(44)50-36-12-4-3-11-32(36)23-27-45(50)51)31-19-21-33(22-20-31)48-38-14-5-7-16-40(38)49(41-17-8-6-15-39(41)48)35-25-28-47-42(30-35)37-13-9-10-18-46(37)52-47/h3-30H,1-2H3. The van der Waals surface area contributed by atoms with E-state index in [0.29, 0.717) is 0 Å². The van der Waals surface area contributed by atoms with Gasteiger partial charge >= 0.3 is 0 Å². The molecule has 1 aliphatic rings. The molecule has 0 atom stereocenters. The molecule has 9 aromatic carbocycles. The first-order chi connectivity index (χ1) is 25.5. The van der Waals surface area contributed by atoms with Gasteiger partial charge in [-0.1, -0.05) is 159 Å². The van der Waals surface area contributed by atoms with Crippen LogP contribution < -0.4 is 0 Å². The van der Waals surface area contributed by atoms with Crippen molar-refractivity contribution in [3.63, 3.8) is 0 Å². The summed E-state index contributed by atoms with van der Waals surface area (Å²) in [5.41, 5.74) is 13.1. The van der Waals surface area contributed by atoms with Crippen molar-refractivity contribution in [2.75, 3.05) is 0 Å². The molecule has 0 aliphatic heterocycles. The van der Waals surface area contributed by atoms with Crippen molar-refractivity contribution in [1.29, 1.82) is 0 Å². The van der Waals surface area contributed by atoms with Crippen molar-refractivity contribution in [3.05, 3.63) is 181 Å². The summed E-state index contributed by atoms with van der Waals surface area (Å²) in [6, 6.07) is 63.6. The normalized spacial score (nSPS) is 13.3. The third kappa shape index (κ3) is 4.21. The highest BCUT2D eigenvalue weighted by molar-refractivity contribution is 7.25. The predicted molar refractivity (Wildman–Crippen MR) is 226 cm³/mol. The second-order valence-electron chi connectivity index (χ2n) is 14.8. The topological polar surface area (TPSA) is 0 Å². The molecule has 1 aliphatic carbocycles. The summed E-state index contributed by atoms with van der Waals surface area (Å²) in [7, 11) is 0. The lowest BCUT2D eigenvalue weighted by atomic mass is 9.82. The number of hydrogen-bond donors (Lipinski definition) is 0. The van der Waals surface area contributed by atoms with E-state index in [-0.39, 0.29) is 5.41 Å². The van der Waals surface area contributed by atoms with Gasteiger partial charge in [-0.15, -0.1) is 11.3 Å². The Morgan fingerprint density at radius 3 is 1.58 bits per heavy atom. The van der Waals surface area contributed by atoms with E-state index in [2.05, 4.69) is 184 Å². The molecule has 11 rings (SSSR count). The largest absolute Gasteiger partial charge is 0.135 e. The minimum Gasteiger partial charge on any atom is -0.135 e. The van der Waals surface area contributed by atoms with Crippen LogP contribution in [0, 0.1) is 0 Å². The second-order valence-corrected chi connectivity index (χ2v) is 15.9. The fourth-order valence-corrected chi connectivity index (χ4v) is 10.3. The lowest BCUT2D eigenvalue weighted by Gasteiger charge is -2.21. The first-order valence-corrected chi connectivity index (χ1v) is 19.0. The van der Waals surface area contributed by atoms with E-state index >= 15 is 0 Å². The van der Waals surface area contributed by atoms with Crippen molar-refractivity contribution >= 4 is 63.8 Å². The van der Waals surface area contributed by atoms with Crippen molar-refractivity contribution in [2.45, 2.75) is 19.3 Å². The Balaban J connectivity index is 1.06. The fraction of sp³-hybridized carbons (Fsp3) is 0.0588. The van der Waals surface area contributed by atoms with Gasteiger partial charge in [0.1, 0.15) is 0 Å². The molecular weight excluding hydrogens is 645 g/mol. The first kappa shape index (κ1) is 29.7. The molecule has 244 valence electrons. The Morgan fingerprint density at radius 1 is 0.346 bits per heavy atom. The van der Waals surface area contributed by atoms with Crippen LogP contribution in [0.1, 0.15) is 25.0 Å². The summed E-state index contributed by atoms with van der Waals surface area (Å²) in [6.45, 7) is 4.73. The van der Waals surface area contributed by atoms with Gasteiger partial charge in [-0.25, -0.2) is 0 Å². The second kappa shape index (κ2) is 11.0. The number of rotatable bonds is 3. The molecule has 1 heterocycles. The van der Waals surface area contributed by atoms with Gasteiger partial charge in [0.05, 0.1) is 0 Å². The minimum absolute atomic E-state index is 0.0331. The number of thiophene rings is 1. The zero-order valence-corrected chi connectivity index (χ0v) is 29.9. The Hall–Kier alpha value is -6.02. The average Bonchev–Trinajstić information content (AvgIpc) is 3.68. The highest BCUT2D eigenvalue weighted by Gasteiger charge is 2.36. The molecule has 0 N–H and O–H groups in total. The fourth-order valence-electron chi connectivity index (χ4n) is 9.16. The Morgan fingerprint density at radius 2 is 0.865 bits per heavy atom. The maximum Gasteiger partial charge on any atom is 0.0355 e. The van der Waals surface area contributed by atoms with Crippen molar-refractivity contribution in [3.8, 4) is 44.5 Å². The van der Waals surface area contributed by atoms with E-state index in [0.717, 1.165) is 0 Å². The van der Waals surface area contributed by atoms with Gasteiger partial charge in [0, 0.05) is 25.6 Å². The molecular formula is C51H34S. The monoisotopic (exact) mass is 678 g/mol. The summed E-state index contributed by atoms with van der Waals surface area (Å²) >= 11 is 1.87.